The van der Waals surface area contributed by atoms with Crippen molar-refractivity contribution in [3.05, 3.63) is 57.2 Å². The molecule has 0 radical (unpaired) electrons. The molecule has 1 saturated heterocycles. The van der Waals surface area contributed by atoms with Crippen molar-refractivity contribution < 1.29 is 18.8 Å². The van der Waals surface area contributed by atoms with Crippen molar-refractivity contribution in [3.8, 4) is 5.75 Å². The van der Waals surface area contributed by atoms with Crippen LogP contribution in [0.3, 0.4) is 0 Å². The number of benzene rings is 2. The zero-order chi connectivity index (χ0) is 22.6. The average Bonchev–Trinajstić information content (AvgIpc) is 3.12. The number of ketones is 1. The van der Waals surface area contributed by atoms with Crippen molar-refractivity contribution in [1.82, 2.24) is 10.1 Å². The number of hydrogen-bond donors (Lipinski definition) is 0. The molecule has 0 saturated carbocycles. The third-order valence-corrected chi connectivity index (χ3v) is 7.28. The minimum atomic E-state index is -0.559. The van der Waals surface area contributed by atoms with E-state index in [1.807, 2.05) is 43.9 Å². The number of nitrogens with zero attached hydrogens (tertiary/aromatic N) is 2. The Labute approximate surface area is 191 Å². The van der Waals surface area contributed by atoms with Crippen LogP contribution in [0.15, 0.2) is 28.8 Å². The first-order valence-electron chi connectivity index (χ1n) is 10.9. The lowest BCUT2D eigenvalue weighted by atomic mass is 9.82. The van der Waals surface area contributed by atoms with Crippen molar-refractivity contribution in [2.75, 3.05) is 13.1 Å². The van der Waals surface area contributed by atoms with E-state index >= 15 is 0 Å². The lowest BCUT2D eigenvalue weighted by Crippen LogP contribution is -2.52. The highest BCUT2D eigenvalue weighted by molar-refractivity contribution is 6.31. The highest BCUT2D eigenvalue weighted by atomic mass is 35.5. The Balaban J connectivity index is 1.29. The molecule has 0 N–H and O–H groups in total. The highest BCUT2D eigenvalue weighted by Gasteiger charge is 2.44. The Morgan fingerprint density at radius 3 is 2.56 bits per heavy atom. The molecule has 0 unspecified atom stereocenters. The quantitative estimate of drug-likeness (QED) is 0.548. The second kappa shape index (κ2) is 7.62. The molecule has 7 heteroatoms. The van der Waals surface area contributed by atoms with Gasteiger partial charge >= 0.3 is 0 Å². The van der Waals surface area contributed by atoms with Gasteiger partial charge in [-0.3, -0.25) is 9.59 Å². The number of amides is 1. The van der Waals surface area contributed by atoms with Crippen LogP contribution in [-0.4, -0.2) is 40.4 Å². The molecule has 0 atom stereocenters. The van der Waals surface area contributed by atoms with Crippen molar-refractivity contribution in [2.24, 2.45) is 0 Å². The van der Waals surface area contributed by atoms with Crippen LogP contribution in [0.2, 0.25) is 5.02 Å². The summed E-state index contributed by atoms with van der Waals surface area (Å²) in [5.74, 6) is 0.661. The van der Waals surface area contributed by atoms with Gasteiger partial charge in [-0.05, 0) is 61.7 Å². The number of ether oxygens (including phenoxy) is 1. The molecule has 166 valence electrons. The van der Waals surface area contributed by atoms with Crippen LogP contribution in [0.25, 0.3) is 11.0 Å². The molecule has 1 aromatic heterocycles. The number of Topliss-reactive ketones (excluding diaryl/α,β-unsaturated/α-hetero) is 1. The number of carbonyl (C=O) groups is 2. The molecule has 2 aliphatic rings. The van der Waals surface area contributed by atoms with E-state index in [1.165, 1.54) is 0 Å². The van der Waals surface area contributed by atoms with Gasteiger partial charge in [0.05, 0.1) is 18.4 Å². The number of aromatic nitrogens is 1. The molecule has 0 aliphatic carbocycles. The molecule has 3 heterocycles. The molecule has 1 spiro atoms. The Hall–Kier alpha value is -2.86. The summed E-state index contributed by atoms with van der Waals surface area (Å²) in [4.78, 5) is 27.6. The molecule has 6 nitrogen and oxygen atoms in total. The lowest BCUT2D eigenvalue weighted by Gasteiger charge is -2.44. The summed E-state index contributed by atoms with van der Waals surface area (Å²) in [6.45, 7) is 7.05. The summed E-state index contributed by atoms with van der Waals surface area (Å²) in [6, 6.07) is 7.53. The molecule has 1 fully saturated rings. The van der Waals surface area contributed by atoms with E-state index in [1.54, 1.807) is 6.07 Å². The van der Waals surface area contributed by atoms with E-state index in [4.69, 9.17) is 20.9 Å². The number of hydrogen-bond acceptors (Lipinski definition) is 5. The molecule has 2 aliphatic heterocycles. The fourth-order valence-corrected chi connectivity index (χ4v) is 4.85. The number of rotatable bonds is 2. The molecule has 0 bridgehead atoms. The number of piperidine rings is 1. The normalized spacial score (nSPS) is 17.5. The van der Waals surface area contributed by atoms with E-state index in [2.05, 4.69) is 5.16 Å². The Kier molecular flexibility index (Phi) is 5.01. The first kappa shape index (κ1) is 21.0. The van der Waals surface area contributed by atoms with Gasteiger partial charge in [0.15, 0.2) is 11.4 Å². The van der Waals surface area contributed by atoms with Crippen LogP contribution < -0.4 is 4.74 Å². The van der Waals surface area contributed by atoms with E-state index in [-0.39, 0.29) is 18.1 Å². The predicted molar refractivity (Wildman–Crippen MR) is 121 cm³/mol. The fraction of sp³-hybridized carbons (Fsp3) is 0.400. The summed E-state index contributed by atoms with van der Waals surface area (Å²) in [6.07, 6.45) is 1.74. The molecule has 1 amide bonds. The van der Waals surface area contributed by atoms with Gasteiger partial charge in [-0.25, -0.2) is 0 Å². The number of halogens is 1. The Morgan fingerprint density at radius 1 is 1.09 bits per heavy atom. The van der Waals surface area contributed by atoms with Crippen molar-refractivity contribution in [2.45, 2.75) is 52.1 Å². The van der Waals surface area contributed by atoms with Gasteiger partial charge in [-0.1, -0.05) is 16.8 Å². The number of fused-ring (bicyclic) bond motifs is 2. The second-order valence-electron chi connectivity index (χ2n) is 9.10. The SMILES string of the molecule is Cc1cc2onc(CC(=O)N3CCC4(CC3)CC(=O)c3cc(Cl)c(C)cc3O4)c2cc1C. The third kappa shape index (κ3) is 3.56. The monoisotopic (exact) mass is 452 g/mol. The van der Waals surface area contributed by atoms with Gasteiger partial charge in [0.1, 0.15) is 17.0 Å². The first-order chi connectivity index (χ1) is 15.2. The van der Waals surface area contributed by atoms with E-state index in [0.29, 0.717) is 60.0 Å². The molecule has 3 aromatic rings. The molecule has 5 rings (SSSR count). The Bertz CT molecular complexity index is 1250. The van der Waals surface area contributed by atoms with Gasteiger partial charge < -0.3 is 14.2 Å². The number of aryl methyl sites for hydroxylation is 3. The minimum absolute atomic E-state index is 0.0124. The van der Waals surface area contributed by atoms with E-state index in [0.717, 1.165) is 22.1 Å². The average molecular weight is 453 g/mol. The lowest BCUT2D eigenvalue weighted by molar-refractivity contribution is -0.134. The summed E-state index contributed by atoms with van der Waals surface area (Å²) >= 11 is 6.19. The summed E-state index contributed by atoms with van der Waals surface area (Å²) < 4.78 is 11.8. The zero-order valence-corrected chi connectivity index (χ0v) is 19.2. The molecule has 2 aromatic carbocycles. The summed E-state index contributed by atoms with van der Waals surface area (Å²) in [5, 5.41) is 5.61. The van der Waals surface area contributed by atoms with Gasteiger partial charge in [-0.15, -0.1) is 0 Å². The second-order valence-corrected chi connectivity index (χ2v) is 9.51. The van der Waals surface area contributed by atoms with Gasteiger partial charge in [0, 0.05) is 36.3 Å². The summed E-state index contributed by atoms with van der Waals surface area (Å²) in [5.41, 5.74) is 4.52. The van der Waals surface area contributed by atoms with Crippen LogP contribution in [0.5, 0.6) is 5.75 Å². The van der Waals surface area contributed by atoms with Crippen LogP contribution in [0, 0.1) is 20.8 Å². The topological polar surface area (TPSA) is 72.6 Å². The minimum Gasteiger partial charge on any atom is -0.486 e. The Morgan fingerprint density at radius 2 is 1.81 bits per heavy atom. The predicted octanol–water partition coefficient (Wildman–Crippen LogP) is 4.98. The zero-order valence-electron chi connectivity index (χ0n) is 18.5. The first-order valence-corrected chi connectivity index (χ1v) is 11.3. The maximum absolute atomic E-state index is 13.0. The van der Waals surface area contributed by atoms with Gasteiger partial charge in [0.25, 0.3) is 0 Å². The van der Waals surface area contributed by atoms with Crippen molar-refractivity contribution >= 4 is 34.3 Å². The van der Waals surface area contributed by atoms with Gasteiger partial charge in [-0.2, -0.15) is 0 Å². The summed E-state index contributed by atoms with van der Waals surface area (Å²) in [7, 11) is 0. The largest absolute Gasteiger partial charge is 0.486 e. The van der Waals surface area contributed by atoms with Crippen LogP contribution in [0.1, 0.15) is 52.0 Å². The van der Waals surface area contributed by atoms with Crippen LogP contribution in [0.4, 0.5) is 0 Å². The standard InChI is InChI=1S/C25H25ClN2O4/c1-14-8-17-20(27-32-23(17)9-15(14)2)12-24(30)28-6-4-25(5-7-28)13-21(29)18-11-19(26)16(3)10-22(18)31-25/h8-11H,4-7,12-13H2,1-3H3. The number of likely N-dealkylation sites (tertiary alicyclic amines) is 1. The maximum atomic E-state index is 13.0. The highest BCUT2D eigenvalue weighted by Crippen LogP contribution is 2.41. The van der Waals surface area contributed by atoms with Gasteiger partial charge in [0.2, 0.25) is 5.91 Å². The fourth-order valence-electron chi connectivity index (χ4n) is 4.68. The van der Waals surface area contributed by atoms with E-state index in [9.17, 15) is 9.59 Å². The van der Waals surface area contributed by atoms with Crippen LogP contribution >= 0.6 is 11.6 Å². The smallest absolute Gasteiger partial charge is 0.228 e. The van der Waals surface area contributed by atoms with Crippen molar-refractivity contribution in [3.63, 3.8) is 0 Å². The third-order valence-electron chi connectivity index (χ3n) is 6.88. The maximum Gasteiger partial charge on any atom is 0.228 e. The molecular weight excluding hydrogens is 428 g/mol. The van der Waals surface area contributed by atoms with Crippen molar-refractivity contribution in [1.29, 1.82) is 0 Å². The van der Waals surface area contributed by atoms with E-state index < -0.39 is 5.60 Å². The number of carbonyl (C=O) groups excluding carboxylic acids is 2. The molecular formula is C25H25ClN2O4. The van der Waals surface area contributed by atoms with Crippen LogP contribution in [-0.2, 0) is 11.2 Å². The molecule has 32 heavy (non-hydrogen) atoms.